The Morgan fingerprint density at radius 1 is 1.25 bits per heavy atom. The fourth-order valence-electron chi connectivity index (χ4n) is 1.56. The summed E-state index contributed by atoms with van der Waals surface area (Å²) in [6.45, 7) is 0. The summed E-state index contributed by atoms with van der Waals surface area (Å²) < 4.78 is 0. The number of rotatable bonds is 3. The lowest BCUT2D eigenvalue weighted by Gasteiger charge is -2.05. The zero-order valence-corrected chi connectivity index (χ0v) is 10.5. The lowest BCUT2D eigenvalue weighted by molar-refractivity contribution is 0.0990. The minimum atomic E-state index is -0.640. The number of pyridine rings is 1. The second-order valence-corrected chi connectivity index (χ2v) is 3.98. The lowest BCUT2D eigenvalue weighted by Crippen LogP contribution is -2.15. The summed E-state index contributed by atoms with van der Waals surface area (Å²) in [5, 5.41) is 2.69. The molecule has 5 nitrogen and oxygen atoms in total. The van der Waals surface area contributed by atoms with Gasteiger partial charge in [-0.1, -0.05) is 12.0 Å². The normalized spacial score (nSPS) is 9.55. The van der Waals surface area contributed by atoms with Crippen molar-refractivity contribution < 1.29 is 9.59 Å². The smallest absolute Gasteiger partial charge is 0.267 e. The highest BCUT2D eigenvalue weighted by Gasteiger charge is 2.08. The number of terminal acetylenes is 1. The maximum atomic E-state index is 12.0. The second-order valence-electron chi connectivity index (χ2n) is 3.98. The molecule has 0 radical (unpaired) electrons. The molecule has 2 aromatic rings. The van der Waals surface area contributed by atoms with Gasteiger partial charge in [-0.05, 0) is 30.3 Å². The number of amides is 2. The number of anilines is 1. The van der Waals surface area contributed by atoms with Gasteiger partial charge in [0.05, 0.1) is 5.56 Å². The van der Waals surface area contributed by atoms with Crippen LogP contribution in [0.1, 0.15) is 26.4 Å². The van der Waals surface area contributed by atoms with Crippen LogP contribution >= 0.6 is 0 Å². The number of primary amides is 1. The van der Waals surface area contributed by atoms with Gasteiger partial charge in [0.15, 0.2) is 0 Å². The van der Waals surface area contributed by atoms with E-state index in [9.17, 15) is 9.59 Å². The molecule has 0 saturated heterocycles. The molecule has 0 unspecified atom stereocenters. The van der Waals surface area contributed by atoms with Crippen LogP contribution < -0.4 is 11.1 Å². The van der Waals surface area contributed by atoms with E-state index >= 15 is 0 Å². The predicted molar refractivity (Wildman–Crippen MR) is 75.1 cm³/mol. The fraction of sp³-hybridized carbons (Fsp3) is 0. The summed E-state index contributed by atoms with van der Waals surface area (Å²) in [5.41, 5.74) is 6.76. The summed E-state index contributed by atoms with van der Waals surface area (Å²) >= 11 is 0. The molecule has 1 aromatic heterocycles. The van der Waals surface area contributed by atoms with Crippen molar-refractivity contribution in [1.82, 2.24) is 4.98 Å². The highest BCUT2D eigenvalue weighted by molar-refractivity contribution is 6.04. The number of carbonyl (C=O) groups is 2. The molecule has 0 aliphatic carbocycles. The third-order valence-electron chi connectivity index (χ3n) is 2.57. The zero-order chi connectivity index (χ0) is 14.5. The zero-order valence-electron chi connectivity index (χ0n) is 10.5. The molecule has 0 saturated carbocycles. The molecule has 0 bridgehead atoms. The van der Waals surface area contributed by atoms with E-state index in [1.807, 2.05) is 0 Å². The van der Waals surface area contributed by atoms with Crippen LogP contribution in [0.3, 0.4) is 0 Å². The van der Waals surface area contributed by atoms with Gasteiger partial charge in [-0.15, -0.1) is 6.42 Å². The molecule has 0 aliphatic rings. The Bertz CT molecular complexity index is 700. The lowest BCUT2D eigenvalue weighted by atomic mass is 10.2. The molecular weight excluding hydrogens is 254 g/mol. The first kappa shape index (κ1) is 13.3. The van der Waals surface area contributed by atoms with E-state index in [0.29, 0.717) is 16.8 Å². The Labute approximate surface area is 115 Å². The monoisotopic (exact) mass is 265 g/mol. The molecule has 0 spiro atoms. The van der Waals surface area contributed by atoms with Gasteiger partial charge < -0.3 is 11.1 Å². The summed E-state index contributed by atoms with van der Waals surface area (Å²) in [6, 6.07) is 9.80. The minimum Gasteiger partial charge on any atom is -0.364 e. The average molecular weight is 265 g/mol. The van der Waals surface area contributed by atoms with Gasteiger partial charge in [-0.3, -0.25) is 14.6 Å². The topological polar surface area (TPSA) is 85.1 Å². The van der Waals surface area contributed by atoms with E-state index in [2.05, 4.69) is 16.2 Å². The molecule has 1 heterocycles. The van der Waals surface area contributed by atoms with Crippen molar-refractivity contribution in [1.29, 1.82) is 0 Å². The van der Waals surface area contributed by atoms with Gasteiger partial charge in [0.1, 0.15) is 5.69 Å². The van der Waals surface area contributed by atoms with E-state index in [0.717, 1.165) is 0 Å². The second kappa shape index (κ2) is 5.67. The molecule has 5 heteroatoms. The molecule has 98 valence electrons. The van der Waals surface area contributed by atoms with Crippen LogP contribution in [0.25, 0.3) is 0 Å². The Morgan fingerprint density at radius 2 is 2.05 bits per heavy atom. The summed E-state index contributed by atoms with van der Waals surface area (Å²) in [5.74, 6) is 1.50. The molecule has 0 fully saturated rings. The van der Waals surface area contributed by atoms with E-state index < -0.39 is 5.91 Å². The SMILES string of the molecule is C#Cc1cccc(NC(=O)c2ccc(C(N)=O)nc2)c1. The third-order valence-corrected chi connectivity index (χ3v) is 2.57. The van der Waals surface area contributed by atoms with E-state index in [1.54, 1.807) is 24.3 Å². The van der Waals surface area contributed by atoms with Crippen LogP contribution in [0.5, 0.6) is 0 Å². The van der Waals surface area contributed by atoms with Crippen molar-refractivity contribution in [3.63, 3.8) is 0 Å². The van der Waals surface area contributed by atoms with Crippen LogP contribution in [0.15, 0.2) is 42.6 Å². The number of benzene rings is 1. The molecule has 2 amide bonds. The first-order valence-corrected chi connectivity index (χ1v) is 5.74. The van der Waals surface area contributed by atoms with Gasteiger partial charge in [-0.2, -0.15) is 0 Å². The third kappa shape index (κ3) is 3.00. The maximum Gasteiger partial charge on any atom is 0.267 e. The van der Waals surface area contributed by atoms with Gasteiger partial charge >= 0.3 is 0 Å². The number of nitrogens with two attached hydrogens (primary N) is 1. The van der Waals surface area contributed by atoms with Crippen molar-refractivity contribution in [2.45, 2.75) is 0 Å². The van der Waals surface area contributed by atoms with Gasteiger partial charge in [0.2, 0.25) is 0 Å². The molecule has 0 atom stereocenters. The summed E-state index contributed by atoms with van der Waals surface area (Å²) in [4.78, 5) is 26.7. The van der Waals surface area contributed by atoms with Crippen LogP contribution in [0, 0.1) is 12.3 Å². The number of hydrogen-bond donors (Lipinski definition) is 2. The standard InChI is InChI=1S/C15H11N3O2/c1-2-10-4-3-5-12(8-10)18-15(20)11-6-7-13(14(16)19)17-9-11/h1,3-9H,(H2,16,19)(H,18,20). The van der Waals surface area contributed by atoms with E-state index in [-0.39, 0.29) is 11.6 Å². The van der Waals surface area contributed by atoms with E-state index in [1.165, 1.54) is 18.3 Å². The first-order chi connectivity index (χ1) is 9.60. The van der Waals surface area contributed by atoms with Gasteiger partial charge in [0, 0.05) is 17.4 Å². The highest BCUT2D eigenvalue weighted by Crippen LogP contribution is 2.11. The fourth-order valence-corrected chi connectivity index (χ4v) is 1.56. The summed E-state index contributed by atoms with van der Waals surface area (Å²) in [6.07, 6.45) is 6.58. The van der Waals surface area contributed by atoms with Crippen molar-refractivity contribution in [2.24, 2.45) is 5.73 Å². The molecule has 2 rings (SSSR count). The van der Waals surface area contributed by atoms with Crippen LogP contribution in [0.4, 0.5) is 5.69 Å². The van der Waals surface area contributed by atoms with Crippen molar-refractivity contribution in [2.75, 3.05) is 5.32 Å². The van der Waals surface area contributed by atoms with Crippen molar-refractivity contribution in [3.05, 3.63) is 59.4 Å². The number of aromatic nitrogens is 1. The number of hydrogen-bond acceptors (Lipinski definition) is 3. The Kier molecular flexibility index (Phi) is 3.77. The number of carbonyl (C=O) groups excluding carboxylic acids is 2. The van der Waals surface area contributed by atoms with Crippen molar-refractivity contribution in [3.8, 4) is 12.3 Å². The molecule has 0 aliphatic heterocycles. The Balaban J connectivity index is 2.15. The predicted octanol–water partition coefficient (Wildman–Crippen LogP) is 1.41. The molecule has 1 aromatic carbocycles. The molecule has 20 heavy (non-hydrogen) atoms. The summed E-state index contributed by atoms with van der Waals surface area (Å²) in [7, 11) is 0. The van der Waals surface area contributed by atoms with Gasteiger partial charge in [-0.25, -0.2) is 0 Å². The first-order valence-electron chi connectivity index (χ1n) is 5.74. The van der Waals surface area contributed by atoms with Gasteiger partial charge in [0.25, 0.3) is 11.8 Å². The highest BCUT2D eigenvalue weighted by atomic mass is 16.2. The van der Waals surface area contributed by atoms with Crippen LogP contribution in [0.2, 0.25) is 0 Å². The number of nitrogens with one attached hydrogen (secondary N) is 1. The van der Waals surface area contributed by atoms with Crippen molar-refractivity contribution >= 4 is 17.5 Å². The Morgan fingerprint density at radius 3 is 2.65 bits per heavy atom. The van der Waals surface area contributed by atoms with Crippen LogP contribution in [-0.2, 0) is 0 Å². The number of nitrogens with zero attached hydrogens (tertiary/aromatic N) is 1. The average Bonchev–Trinajstić information content (AvgIpc) is 2.47. The maximum absolute atomic E-state index is 12.0. The minimum absolute atomic E-state index is 0.107. The largest absolute Gasteiger partial charge is 0.364 e. The molecular formula is C15H11N3O2. The van der Waals surface area contributed by atoms with E-state index in [4.69, 9.17) is 12.2 Å². The quantitative estimate of drug-likeness (QED) is 0.823. The van der Waals surface area contributed by atoms with Crippen LogP contribution in [-0.4, -0.2) is 16.8 Å². The molecule has 3 N–H and O–H groups in total. The Hall–Kier alpha value is -3.13.